The lowest BCUT2D eigenvalue weighted by Crippen LogP contribution is -2.35. The number of carboxylic acid groups (broad SMARTS) is 1. The number of benzene rings is 1. The Morgan fingerprint density at radius 1 is 1.28 bits per heavy atom. The van der Waals surface area contributed by atoms with E-state index in [0.717, 1.165) is 12.8 Å². The summed E-state index contributed by atoms with van der Waals surface area (Å²) >= 11 is 0. The van der Waals surface area contributed by atoms with Gasteiger partial charge in [0.25, 0.3) is 0 Å². The molecular weight excluding hydrogens is 254 g/mol. The highest BCUT2D eigenvalue weighted by molar-refractivity contribution is 7.89. The van der Waals surface area contributed by atoms with Crippen molar-refractivity contribution in [3.8, 4) is 0 Å². The molecule has 2 rings (SSSR count). The highest BCUT2D eigenvalue weighted by Crippen LogP contribution is 2.32. The smallest absolute Gasteiger partial charge is 0.304 e. The lowest BCUT2D eigenvalue weighted by molar-refractivity contribution is -0.137. The normalized spacial score (nSPS) is 15.8. The fourth-order valence-electron chi connectivity index (χ4n) is 1.80. The van der Waals surface area contributed by atoms with Gasteiger partial charge in [0.05, 0.1) is 11.3 Å². The number of hydrogen-bond acceptors (Lipinski definition) is 3. The van der Waals surface area contributed by atoms with Crippen LogP contribution in [0.2, 0.25) is 0 Å². The molecule has 1 N–H and O–H groups in total. The van der Waals surface area contributed by atoms with E-state index in [2.05, 4.69) is 0 Å². The van der Waals surface area contributed by atoms with Crippen LogP contribution in [0, 0.1) is 0 Å². The first-order valence-electron chi connectivity index (χ1n) is 5.80. The molecule has 0 aliphatic heterocycles. The van der Waals surface area contributed by atoms with Crippen molar-refractivity contribution in [2.45, 2.75) is 30.2 Å². The maximum absolute atomic E-state index is 12.4. The fourth-order valence-corrected chi connectivity index (χ4v) is 3.50. The highest BCUT2D eigenvalue weighted by atomic mass is 32.2. The van der Waals surface area contributed by atoms with Crippen LogP contribution in [0.3, 0.4) is 0 Å². The molecule has 1 aromatic carbocycles. The summed E-state index contributed by atoms with van der Waals surface area (Å²) in [5.74, 6) is -0.982. The monoisotopic (exact) mass is 269 g/mol. The summed E-state index contributed by atoms with van der Waals surface area (Å²) in [4.78, 5) is 10.8. The van der Waals surface area contributed by atoms with Crippen LogP contribution in [0.1, 0.15) is 19.3 Å². The zero-order valence-electron chi connectivity index (χ0n) is 9.82. The number of rotatable bonds is 6. The van der Waals surface area contributed by atoms with E-state index in [-0.39, 0.29) is 23.9 Å². The molecule has 1 aliphatic carbocycles. The first-order valence-corrected chi connectivity index (χ1v) is 7.24. The zero-order valence-corrected chi connectivity index (χ0v) is 10.6. The second kappa shape index (κ2) is 5.07. The van der Waals surface area contributed by atoms with E-state index in [9.17, 15) is 13.2 Å². The predicted octanol–water partition coefficient (Wildman–Crippen LogP) is 1.31. The SMILES string of the molecule is O=C(O)CCN(C1CC1)S(=O)(=O)c1ccccc1. The third-order valence-corrected chi connectivity index (χ3v) is 4.82. The first kappa shape index (κ1) is 13.0. The van der Waals surface area contributed by atoms with Crippen LogP contribution in [0.15, 0.2) is 35.2 Å². The topological polar surface area (TPSA) is 74.7 Å². The minimum atomic E-state index is -3.56. The lowest BCUT2D eigenvalue weighted by atomic mass is 10.4. The van der Waals surface area contributed by atoms with Crippen molar-refractivity contribution in [3.63, 3.8) is 0 Å². The van der Waals surface area contributed by atoms with Gasteiger partial charge in [-0.1, -0.05) is 18.2 Å². The Morgan fingerprint density at radius 3 is 2.39 bits per heavy atom. The van der Waals surface area contributed by atoms with Crippen LogP contribution in [0.25, 0.3) is 0 Å². The number of aliphatic carboxylic acids is 1. The van der Waals surface area contributed by atoms with Gasteiger partial charge in [-0.3, -0.25) is 4.79 Å². The molecular formula is C12H15NO4S. The van der Waals surface area contributed by atoms with Gasteiger partial charge in [-0.25, -0.2) is 8.42 Å². The van der Waals surface area contributed by atoms with Crippen molar-refractivity contribution < 1.29 is 18.3 Å². The summed E-state index contributed by atoms with van der Waals surface area (Å²) in [5, 5.41) is 8.68. The predicted molar refractivity (Wildman–Crippen MR) is 65.6 cm³/mol. The molecule has 0 aromatic heterocycles. The van der Waals surface area contributed by atoms with Gasteiger partial charge < -0.3 is 5.11 Å². The van der Waals surface area contributed by atoms with E-state index in [0.29, 0.717) is 0 Å². The van der Waals surface area contributed by atoms with Crippen molar-refractivity contribution >= 4 is 16.0 Å². The summed E-state index contributed by atoms with van der Waals surface area (Å²) in [6.45, 7) is 0.0389. The van der Waals surface area contributed by atoms with E-state index in [1.807, 2.05) is 0 Å². The fraction of sp³-hybridized carbons (Fsp3) is 0.417. The molecule has 6 heteroatoms. The molecule has 0 radical (unpaired) electrons. The van der Waals surface area contributed by atoms with E-state index in [4.69, 9.17) is 5.11 Å². The number of nitrogens with zero attached hydrogens (tertiary/aromatic N) is 1. The quantitative estimate of drug-likeness (QED) is 0.845. The van der Waals surface area contributed by atoms with Gasteiger partial charge >= 0.3 is 5.97 Å². The number of hydrogen-bond donors (Lipinski definition) is 1. The van der Waals surface area contributed by atoms with Crippen molar-refractivity contribution in [1.29, 1.82) is 0 Å². The van der Waals surface area contributed by atoms with Crippen molar-refractivity contribution in [2.75, 3.05) is 6.54 Å². The van der Waals surface area contributed by atoms with Gasteiger partial charge in [0.1, 0.15) is 0 Å². The summed E-state index contributed by atoms with van der Waals surface area (Å²) in [5.41, 5.74) is 0. The van der Waals surface area contributed by atoms with Crippen molar-refractivity contribution in [1.82, 2.24) is 4.31 Å². The molecule has 1 saturated carbocycles. The van der Waals surface area contributed by atoms with Crippen LogP contribution in [0.4, 0.5) is 0 Å². The van der Waals surface area contributed by atoms with E-state index in [1.165, 1.54) is 16.4 Å². The van der Waals surface area contributed by atoms with Gasteiger partial charge in [-0.2, -0.15) is 4.31 Å². The lowest BCUT2D eigenvalue weighted by Gasteiger charge is -2.21. The van der Waals surface area contributed by atoms with Crippen LogP contribution < -0.4 is 0 Å². The van der Waals surface area contributed by atoms with Crippen LogP contribution in [0.5, 0.6) is 0 Å². The van der Waals surface area contributed by atoms with Gasteiger partial charge in [0.2, 0.25) is 10.0 Å². The van der Waals surface area contributed by atoms with Gasteiger partial charge in [0, 0.05) is 12.6 Å². The van der Waals surface area contributed by atoms with Crippen LogP contribution >= 0.6 is 0 Å². The van der Waals surface area contributed by atoms with Crippen molar-refractivity contribution in [2.24, 2.45) is 0 Å². The second-order valence-electron chi connectivity index (χ2n) is 4.30. The van der Waals surface area contributed by atoms with Gasteiger partial charge in [0.15, 0.2) is 0 Å². The Hall–Kier alpha value is -1.40. The zero-order chi connectivity index (χ0) is 13.2. The van der Waals surface area contributed by atoms with Crippen LogP contribution in [-0.4, -0.2) is 36.4 Å². The average Bonchev–Trinajstić information content (AvgIpc) is 3.14. The Bertz CT molecular complexity index is 522. The van der Waals surface area contributed by atoms with Gasteiger partial charge in [-0.15, -0.1) is 0 Å². The molecule has 1 aromatic rings. The molecule has 0 unspecified atom stereocenters. The highest BCUT2D eigenvalue weighted by Gasteiger charge is 2.37. The van der Waals surface area contributed by atoms with E-state index >= 15 is 0 Å². The molecule has 0 amide bonds. The molecule has 1 aliphatic rings. The minimum Gasteiger partial charge on any atom is -0.481 e. The Morgan fingerprint density at radius 2 is 1.89 bits per heavy atom. The molecule has 0 saturated heterocycles. The summed E-state index contributed by atoms with van der Waals surface area (Å²) in [7, 11) is -3.56. The first-order chi connectivity index (χ1) is 8.51. The molecule has 0 bridgehead atoms. The third kappa shape index (κ3) is 2.88. The van der Waals surface area contributed by atoms with E-state index < -0.39 is 16.0 Å². The van der Waals surface area contributed by atoms with Gasteiger partial charge in [-0.05, 0) is 25.0 Å². The molecule has 98 valence electrons. The van der Waals surface area contributed by atoms with Crippen LogP contribution in [-0.2, 0) is 14.8 Å². The van der Waals surface area contributed by atoms with E-state index in [1.54, 1.807) is 18.2 Å². The Labute approximate surface area is 106 Å². The third-order valence-electron chi connectivity index (χ3n) is 2.85. The number of carbonyl (C=O) groups is 1. The Balaban J connectivity index is 2.22. The second-order valence-corrected chi connectivity index (χ2v) is 6.19. The molecule has 18 heavy (non-hydrogen) atoms. The molecule has 5 nitrogen and oxygen atoms in total. The average molecular weight is 269 g/mol. The molecule has 0 spiro atoms. The summed E-state index contributed by atoms with van der Waals surface area (Å²) < 4.78 is 26.0. The molecule has 0 atom stereocenters. The van der Waals surface area contributed by atoms with Crippen molar-refractivity contribution in [3.05, 3.63) is 30.3 Å². The Kier molecular flexibility index (Phi) is 3.68. The standard InChI is InChI=1S/C12H15NO4S/c14-12(15)8-9-13(10-6-7-10)18(16,17)11-4-2-1-3-5-11/h1-5,10H,6-9H2,(H,14,15). The molecule has 1 fully saturated rings. The largest absolute Gasteiger partial charge is 0.481 e. The summed E-state index contributed by atoms with van der Waals surface area (Å²) in [6, 6.07) is 8.11. The maximum Gasteiger partial charge on any atom is 0.304 e. The minimum absolute atomic E-state index is 0.0328. The molecule has 0 heterocycles. The number of carboxylic acids is 1. The summed E-state index contributed by atoms with van der Waals surface area (Å²) in [6.07, 6.45) is 1.46. The number of sulfonamides is 1. The maximum atomic E-state index is 12.4.